The van der Waals surface area contributed by atoms with Crippen molar-refractivity contribution in [1.29, 1.82) is 0 Å². The number of nitrogens with zero attached hydrogens (tertiary/aromatic N) is 1. The number of fused-ring (bicyclic) bond motifs is 2. The van der Waals surface area contributed by atoms with Gasteiger partial charge < -0.3 is 14.8 Å². The number of ether oxygens (including phenoxy) is 2. The summed E-state index contributed by atoms with van der Waals surface area (Å²) < 4.78 is 24.3. The minimum Gasteiger partial charge on any atom is -0.462 e. The average molecular weight is 493 g/mol. The van der Waals surface area contributed by atoms with Gasteiger partial charge in [-0.2, -0.15) is 0 Å². The van der Waals surface area contributed by atoms with Crippen LogP contribution in [0.2, 0.25) is 0 Å². The number of esters is 1. The van der Waals surface area contributed by atoms with E-state index in [4.69, 9.17) is 9.47 Å². The number of carbonyl (C=O) groups excluding carboxylic acids is 2. The molecule has 2 aliphatic carbocycles. The molecule has 7 atom stereocenters. The monoisotopic (exact) mass is 492 g/mol. The number of halogens is 1. The van der Waals surface area contributed by atoms with E-state index in [1.54, 1.807) is 19.2 Å². The molecular formula is C29H33FN2O4. The molecule has 1 aromatic carbocycles. The number of aromatic nitrogens is 1. The molecule has 0 spiro atoms. The van der Waals surface area contributed by atoms with Crippen molar-refractivity contribution >= 4 is 18.1 Å². The molecule has 0 bridgehead atoms. The molecule has 0 radical (unpaired) electrons. The number of alkyl carbamates (subject to hydrolysis) is 1. The molecule has 7 heteroatoms. The van der Waals surface area contributed by atoms with Gasteiger partial charge in [-0.25, -0.2) is 9.18 Å². The van der Waals surface area contributed by atoms with Crippen LogP contribution in [0.25, 0.3) is 17.2 Å². The minimum absolute atomic E-state index is 0.0679. The number of allylic oxidation sites excluding steroid dienone is 1. The van der Waals surface area contributed by atoms with Gasteiger partial charge in [0.05, 0.1) is 18.2 Å². The topological polar surface area (TPSA) is 77.5 Å². The van der Waals surface area contributed by atoms with Crippen LogP contribution in [0.5, 0.6) is 0 Å². The summed E-state index contributed by atoms with van der Waals surface area (Å²) in [7, 11) is 0. The number of rotatable bonds is 5. The van der Waals surface area contributed by atoms with Crippen LogP contribution in [-0.2, 0) is 14.3 Å². The fraction of sp³-hybridized carbons (Fsp3) is 0.483. The third kappa shape index (κ3) is 5.01. The number of pyridine rings is 1. The van der Waals surface area contributed by atoms with Gasteiger partial charge in [0.15, 0.2) is 0 Å². The predicted molar refractivity (Wildman–Crippen MR) is 134 cm³/mol. The van der Waals surface area contributed by atoms with Crippen LogP contribution < -0.4 is 5.32 Å². The lowest BCUT2D eigenvalue weighted by Crippen LogP contribution is -2.48. The van der Waals surface area contributed by atoms with E-state index in [-0.39, 0.29) is 47.8 Å². The number of carbonyl (C=O) groups is 2. The third-order valence-corrected chi connectivity index (χ3v) is 8.18. The van der Waals surface area contributed by atoms with Crippen LogP contribution in [0.1, 0.15) is 45.2 Å². The van der Waals surface area contributed by atoms with Crippen molar-refractivity contribution < 1.29 is 23.5 Å². The van der Waals surface area contributed by atoms with Crippen molar-refractivity contribution in [2.24, 2.45) is 29.6 Å². The Labute approximate surface area is 211 Å². The molecule has 6 nitrogen and oxygen atoms in total. The van der Waals surface area contributed by atoms with Crippen LogP contribution in [0.3, 0.4) is 0 Å². The highest BCUT2D eigenvalue weighted by atomic mass is 19.1. The Kier molecular flexibility index (Phi) is 7.08. The molecule has 2 saturated carbocycles. The van der Waals surface area contributed by atoms with Crippen molar-refractivity contribution in [2.75, 3.05) is 6.61 Å². The highest BCUT2D eigenvalue weighted by molar-refractivity contribution is 5.75. The fourth-order valence-corrected chi connectivity index (χ4v) is 6.64. The van der Waals surface area contributed by atoms with E-state index < -0.39 is 0 Å². The maximum atomic E-state index is 13.6. The zero-order valence-electron chi connectivity index (χ0n) is 20.7. The number of hydrogen-bond acceptors (Lipinski definition) is 5. The molecule has 0 unspecified atom stereocenters. The van der Waals surface area contributed by atoms with E-state index in [0.29, 0.717) is 18.4 Å². The van der Waals surface area contributed by atoms with Gasteiger partial charge in [0.25, 0.3) is 0 Å². The Hall–Kier alpha value is -3.22. The smallest absolute Gasteiger partial charge is 0.407 e. The fourth-order valence-electron chi connectivity index (χ4n) is 6.64. The summed E-state index contributed by atoms with van der Waals surface area (Å²) in [4.78, 5) is 29.2. The standard InChI is InChI=1S/C29H33FN2O4/c1-3-35-29(34)32-23-10-11-24-20(14-23)15-26-27(17(2)36-28(26)33)25(24)12-9-22-8-7-19(16-31-22)18-5-4-6-21(30)13-18/h4-9,12-13,16-17,20,23-27H,3,10-11,14-15H2,1-2H3,(H,32,34)/b12-9+/t17-,20-,23-,24-,25+,26-,27+/m1/s1. The van der Waals surface area contributed by atoms with Crippen LogP contribution in [-0.4, -0.2) is 35.8 Å². The van der Waals surface area contributed by atoms with Gasteiger partial charge in [-0.05, 0) is 87.1 Å². The molecule has 3 fully saturated rings. The quantitative estimate of drug-likeness (QED) is 0.548. The largest absolute Gasteiger partial charge is 0.462 e. The highest BCUT2D eigenvalue weighted by Gasteiger charge is 2.54. The SMILES string of the molecule is CCOC(=O)N[C@@H]1CC[C@@H]2[C@H](C1)C[C@H]1C(=O)O[C@H](C)[C@H]1[C@H]2/C=C/c1ccc(-c2cccc(F)c2)cn1. The lowest BCUT2D eigenvalue weighted by atomic mass is 9.57. The maximum Gasteiger partial charge on any atom is 0.407 e. The summed E-state index contributed by atoms with van der Waals surface area (Å²) in [5.74, 6) is 0.629. The average Bonchev–Trinajstić information content (AvgIpc) is 3.15. The van der Waals surface area contributed by atoms with Gasteiger partial charge >= 0.3 is 12.1 Å². The Morgan fingerprint density at radius 1 is 1.22 bits per heavy atom. The summed E-state index contributed by atoms with van der Waals surface area (Å²) >= 11 is 0. The van der Waals surface area contributed by atoms with E-state index in [9.17, 15) is 14.0 Å². The first-order valence-electron chi connectivity index (χ1n) is 13.0. The summed E-state index contributed by atoms with van der Waals surface area (Å²) in [6.45, 7) is 4.15. The molecule has 2 heterocycles. The second-order valence-corrected chi connectivity index (χ2v) is 10.3. The summed E-state index contributed by atoms with van der Waals surface area (Å²) in [5, 5.41) is 3.00. The molecule has 1 amide bonds. The Bertz CT molecular complexity index is 1130. The number of hydrogen-bond donors (Lipinski definition) is 1. The van der Waals surface area contributed by atoms with Gasteiger partial charge in [0.2, 0.25) is 0 Å². The van der Waals surface area contributed by atoms with Gasteiger partial charge in [-0.1, -0.05) is 24.3 Å². The maximum absolute atomic E-state index is 13.6. The summed E-state index contributed by atoms with van der Waals surface area (Å²) in [5.41, 5.74) is 2.48. The second-order valence-electron chi connectivity index (χ2n) is 10.3. The highest BCUT2D eigenvalue weighted by Crippen LogP contribution is 2.53. The van der Waals surface area contributed by atoms with Crippen LogP contribution >= 0.6 is 0 Å². The molecular weight excluding hydrogens is 459 g/mol. The number of benzene rings is 1. The van der Waals surface area contributed by atoms with Gasteiger partial charge in [-0.3, -0.25) is 9.78 Å². The molecule has 1 N–H and O–H groups in total. The first kappa shape index (κ1) is 24.5. The lowest BCUT2D eigenvalue weighted by Gasteiger charge is -2.47. The van der Waals surface area contributed by atoms with E-state index in [0.717, 1.165) is 42.5 Å². The first-order valence-corrected chi connectivity index (χ1v) is 13.0. The number of cyclic esters (lactones) is 1. The van der Waals surface area contributed by atoms with E-state index >= 15 is 0 Å². The Morgan fingerprint density at radius 3 is 2.83 bits per heavy atom. The van der Waals surface area contributed by atoms with Gasteiger partial charge in [-0.15, -0.1) is 0 Å². The molecule has 190 valence electrons. The van der Waals surface area contributed by atoms with Crippen molar-refractivity contribution in [3.63, 3.8) is 0 Å². The minimum atomic E-state index is -0.368. The molecule has 36 heavy (non-hydrogen) atoms. The molecule has 1 aromatic heterocycles. The normalized spacial score (nSPS) is 31.4. The van der Waals surface area contributed by atoms with Crippen LogP contribution in [0.4, 0.5) is 9.18 Å². The van der Waals surface area contributed by atoms with Gasteiger partial charge in [0, 0.05) is 23.7 Å². The number of amides is 1. The third-order valence-electron chi connectivity index (χ3n) is 8.18. The zero-order chi connectivity index (χ0) is 25.2. The summed E-state index contributed by atoms with van der Waals surface area (Å²) in [6.07, 6.45) is 9.07. The lowest BCUT2D eigenvalue weighted by molar-refractivity contribution is -0.144. The molecule has 5 rings (SSSR count). The molecule has 3 aliphatic rings. The number of nitrogens with one attached hydrogen (secondary N) is 1. The predicted octanol–water partition coefficient (Wildman–Crippen LogP) is 5.63. The van der Waals surface area contributed by atoms with E-state index in [2.05, 4.69) is 16.4 Å². The Morgan fingerprint density at radius 2 is 2.08 bits per heavy atom. The van der Waals surface area contributed by atoms with Crippen molar-refractivity contribution in [2.45, 2.75) is 51.7 Å². The molecule has 1 saturated heterocycles. The molecule has 2 aromatic rings. The second kappa shape index (κ2) is 10.4. The zero-order valence-corrected chi connectivity index (χ0v) is 20.7. The van der Waals surface area contributed by atoms with Crippen molar-refractivity contribution in [1.82, 2.24) is 10.3 Å². The van der Waals surface area contributed by atoms with Crippen LogP contribution in [0, 0.1) is 35.4 Å². The van der Waals surface area contributed by atoms with Crippen LogP contribution in [0.15, 0.2) is 48.7 Å². The van der Waals surface area contributed by atoms with Gasteiger partial charge in [0.1, 0.15) is 11.9 Å². The van der Waals surface area contributed by atoms with Crippen molar-refractivity contribution in [3.8, 4) is 11.1 Å². The Balaban J connectivity index is 1.34. The first-order chi connectivity index (χ1) is 17.4. The van der Waals surface area contributed by atoms with E-state index in [1.807, 2.05) is 31.2 Å². The van der Waals surface area contributed by atoms with E-state index in [1.165, 1.54) is 12.1 Å². The van der Waals surface area contributed by atoms with Crippen molar-refractivity contribution in [3.05, 3.63) is 60.2 Å². The summed E-state index contributed by atoms with van der Waals surface area (Å²) in [6, 6.07) is 10.4. The molecule has 1 aliphatic heterocycles.